The van der Waals surface area contributed by atoms with Crippen LogP contribution in [0.2, 0.25) is 0 Å². The number of hydrogen-bond donors (Lipinski definition) is 1. The van der Waals surface area contributed by atoms with Crippen molar-refractivity contribution in [2.24, 2.45) is 5.92 Å². The zero-order chi connectivity index (χ0) is 14.4. The molecule has 0 aliphatic carbocycles. The van der Waals surface area contributed by atoms with Crippen molar-refractivity contribution in [3.8, 4) is 0 Å². The summed E-state index contributed by atoms with van der Waals surface area (Å²) in [5.41, 5.74) is 1.27. The third-order valence-electron chi connectivity index (χ3n) is 4.30. The predicted octanol–water partition coefficient (Wildman–Crippen LogP) is 2.47. The molecule has 3 heteroatoms. The van der Waals surface area contributed by atoms with Crippen molar-refractivity contribution >= 4 is 5.91 Å². The number of hydrogen-bond acceptors (Lipinski definition) is 2. The van der Waals surface area contributed by atoms with Crippen LogP contribution in [-0.4, -0.2) is 37.0 Å². The molecule has 2 atom stereocenters. The fraction of sp³-hybridized carbons (Fsp3) is 0.588. The molecule has 1 aliphatic rings. The van der Waals surface area contributed by atoms with Gasteiger partial charge in [-0.3, -0.25) is 4.79 Å². The van der Waals surface area contributed by atoms with E-state index in [2.05, 4.69) is 29.4 Å². The van der Waals surface area contributed by atoms with Crippen LogP contribution in [0.5, 0.6) is 0 Å². The molecule has 1 fully saturated rings. The van der Waals surface area contributed by atoms with Gasteiger partial charge in [0, 0.05) is 18.5 Å². The summed E-state index contributed by atoms with van der Waals surface area (Å²) < 4.78 is 0. The zero-order valence-corrected chi connectivity index (χ0v) is 12.6. The Bertz CT molecular complexity index is 418. The number of amides is 1. The van der Waals surface area contributed by atoms with E-state index in [0.717, 1.165) is 19.4 Å². The number of benzene rings is 1. The van der Waals surface area contributed by atoms with Crippen molar-refractivity contribution in [3.63, 3.8) is 0 Å². The average Bonchev–Trinajstić information content (AvgIpc) is 2.85. The Labute approximate surface area is 122 Å². The van der Waals surface area contributed by atoms with Crippen molar-refractivity contribution < 1.29 is 4.79 Å². The Balaban J connectivity index is 1.68. The number of carbonyl (C=O) groups is 1. The van der Waals surface area contributed by atoms with Crippen LogP contribution < -0.4 is 5.32 Å². The van der Waals surface area contributed by atoms with Gasteiger partial charge in [-0.1, -0.05) is 37.3 Å². The molecule has 1 heterocycles. The summed E-state index contributed by atoms with van der Waals surface area (Å²) in [5.74, 6) is 0.303. The molecule has 1 N–H and O–H groups in total. The minimum absolute atomic E-state index is 0.108. The summed E-state index contributed by atoms with van der Waals surface area (Å²) in [6.07, 6.45) is 4.39. The van der Waals surface area contributed by atoms with E-state index in [-0.39, 0.29) is 11.8 Å². The molecule has 20 heavy (non-hydrogen) atoms. The van der Waals surface area contributed by atoms with E-state index in [4.69, 9.17) is 0 Å². The first kappa shape index (κ1) is 15.0. The molecular weight excluding hydrogens is 248 g/mol. The van der Waals surface area contributed by atoms with Crippen LogP contribution in [0.3, 0.4) is 0 Å². The maximum Gasteiger partial charge on any atom is 0.222 e. The summed E-state index contributed by atoms with van der Waals surface area (Å²) >= 11 is 0. The fourth-order valence-corrected chi connectivity index (χ4v) is 2.94. The van der Waals surface area contributed by atoms with E-state index in [1.165, 1.54) is 24.9 Å². The van der Waals surface area contributed by atoms with Crippen LogP contribution >= 0.6 is 0 Å². The minimum Gasteiger partial charge on any atom is -0.356 e. The second-order valence-corrected chi connectivity index (χ2v) is 5.94. The zero-order valence-electron chi connectivity index (χ0n) is 12.6. The van der Waals surface area contributed by atoms with E-state index in [0.29, 0.717) is 6.04 Å². The number of carbonyl (C=O) groups excluding carboxylic acids is 1. The molecule has 1 aliphatic heterocycles. The van der Waals surface area contributed by atoms with E-state index in [1.54, 1.807) is 0 Å². The van der Waals surface area contributed by atoms with Gasteiger partial charge in [-0.25, -0.2) is 0 Å². The molecule has 0 aromatic heterocycles. The summed E-state index contributed by atoms with van der Waals surface area (Å²) in [7, 11) is 2.16. The first-order chi connectivity index (χ1) is 9.66. The first-order valence-corrected chi connectivity index (χ1v) is 7.68. The van der Waals surface area contributed by atoms with Gasteiger partial charge in [-0.15, -0.1) is 0 Å². The van der Waals surface area contributed by atoms with Gasteiger partial charge in [-0.05, 0) is 44.8 Å². The van der Waals surface area contributed by atoms with Gasteiger partial charge in [-0.2, -0.15) is 0 Å². The Kier molecular flexibility index (Phi) is 5.60. The van der Waals surface area contributed by atoms with Gasteiger partial charge in [0.1, 0.15) is 0 Å². The largest absolute Gasteiger partial charge is 0.356 e. The molecule has 1 aromatic rings. The maximum atomic E-state index is 12.1. The SMILES string of the molecule is C[C@H](C[C@H]1CCCN1C)C(=O)NCCc1ccccc1. The van der Waals surface area contributed by atoms with E-state index < -0.39 is 0 Å². The lowest BCUT2D eigenvalue weighted by atomic mass is 9.99. The molecule has 1 amide bonds. The average molecular weight is 274 g/mol. The second-order valence-electron chi connectivity index (χ2n) is 5.94. The van der Waals surface area contributed by atoms with Crippen molar-refractivity contribution in [1.82, 2.24) is 10.2 Å². The Hall–Kier alpha value is -1.35. The second kappa shape index (κ2) is 7.44. The van der Waals surface area contributed by atoms with Gasteiger partial charge in [0.15, 0.2) is 0 Å². The lowest BCUT2D eigenvalue weighted by Gasteiger charge is -2.22. The van der Waals surface area contributed by atoms with Crippen molar-refractivity contribution in [3.05, 3.63) is 35.9 Å². The molecule has 110 valence electrons. The van der Waals surface area contributed by atoms with Gasteiger partial charge in [0.05, 0.1) is 0 Å². The highest BCUT2D eigenvalue weighted by molar-refractivity contribution is 5.78. The normalized spacial score (nSPS) is 20.8. The highest BCUT2D eigenvalue weighted by Crippen LogP contribution is 2.21. The smallest absolute Gasteiger partial charge is 0.222 e. The number of likely N-dealkylation sites (tertiary alicyclic amines) is 1. The summed E-state index contributed by atoms with van der Waals surface area (Å²) in [4.78, 5) is 14.5. The van der Waals surface area contributed by atoms with Crippen molar-refractivity contribution in [2.75, 3.05) is 20.1 Å². The van der Waals surface area contributed by atoms with Crippen LogP contribution in [0.25, 0.3) is 0 Å². The van der Waals surface area contributed by atoms with Crippen LogP contribution in [0.1, 0.15) is 31.7 Å². The van der Waals surface area contributed by atoms with Gasteiger partial charge < -0.3 is 10.2 Å². The first-order valence-electron chi connectivity index (χ1n) is 7.68. The van der Waals surface area contributed by atoms with Crippen LogP contribution in [0, 0.1) is 5.92 Å². The van der Waals surface area contributed by atoms with Crippen LogP contribution in [0.4, 0.5) is 0 Å². The quantitative estimate of drug-likeness (QED) is 0.864. The molecule has 0 saturated carbocycles. The monoisotopic (exact) mass is 274 g/mol. The lowest BCUT2D eigenvalue weighted by molar-refractivity contribution is -0.125. The van der Waals surface area contributed by atoms with Crippen LogP contribution in [-0.2, 0) is 11.2 Å². The Morgan fingerprint density at radius 2 is 2.15 bits per heavy atom. The van der Waals surface area contributed by atoms with E-state index in [9.17, 15) is 4.79 Å². The van der Waals surface area contributed by atoms with E-state index >= 15 is 0 Å². The van der Waals surface area contributed by atoms with Gasteiger partial charge in [0.2, 0.25) is 5.91 Å². The number of nitrogens with one attached hydrogen (secondary N) is 1. The molecule has 3 nitrogen and oxygen atoms in total. The Morgan fingerprint density at radius 1 is 1.40 bits per heavy atom. The van der Waals surface area contributed by atoms with Gasteiger partial charge in [0.25, 0.3) is 0 Å². The highest BCUT2D eigenvalue weighted by Gasteiger charge is 2.25. The fourth-order valence-electron chi connectivity index (χ4n) is 2.94. The molecular formula is C17H26N2O. The minimum atomic E-state index is 0.108. The molecule has 0 radical (unpaired) electrons. The number of rotatable bonds is 6. The van der Waals surface area contributed by atoms with Crippen LogP contribution in [0.15, 0.2) is 30.3 Å². The molecule has 1 aromatic carbocycles. The molecule has 0 spiro atoms. The third kappa shape index (κ3) is 4.34. The molecule has 0 unspecified atom stereocenters. The van der Waals surface area contributed by atoms with Crippen molar-refractivity contribution in [1.29, 1.82) is 0 Å². The predicted molar refractivity (Wildman–Crippen MR) is 82.6 cm³/mol. The third-order valence-corrected chi connectivity index (χ3v) is 4.30. The summed E-state index contributed by atoms with van der Waals surface area (Å²) in [5, 5.41) is 3.06. The van der Waals surface area contributed by atoms with E-state index in [1.807, 2.05) is 25.1 Å². The summed E-state index contributed by atoms with van der Waals surface area (Å²) in [6, 6.07) is 10.9. The highest BCUT2D eigenvalue weighted by atomic mass is 16.1. The molecule has 1 saturated heterocycles. The topological polar surface area (TPSA) is 32.3 Å². The molecule has 0 bridgehead atoms. The van der Waals surface area contributed by atoms with Gasteiger partial charge >= 0.3 is 0 Å². The lowest BCUT2D eigenvalue weighted by Crippen LogP contribution is -2.35. The van der Waals surface area contributed by atoms with Crippen molar-refractivity contribution in [2.45, 2.75) is 38.6 Å². The summed E-state index contributed by atoms with van der Waals surface area (Å²) in [6.45, 7) is 3.95. The maximum absolute atomic E-state index is 12.1. The number of nitrogens with zero attached hydrogens (tertiary/aromatic N) is 1. The molecule has 2 rings (SSSR count). The Morgan fingerprint density at radius 3 is 2.80 bits per heavy atom. The standard InChI is InChI=1S/C17H26N2O/c1-14(13-16-9-6-12-19(16)2)17(20)18-11-10-15-7-4-3-5-8-15/h3-5,7-8,14,16H,6,9-13H2,1-2H3,(H,18,20)/t14-,16-/m1/s1.